The molecule has 0 aliphatic rings. The molecule has 0 saturated carbocycles. The summed E-state index contributed by atoms with van der Waals surface area (Å²) in [6.07, 6.45) is 1.97. The molecule has 1 heterocycles. The number of aromatic nitrogens is 2. The van der Waals surface area contributed by atoms with Crippen LogP contribution in [0.3, 0.4) is 0 Å². The second-order valence-corrected chi connectivity index (χ2v) is 7.36. The maximum absolute atomic E-state index is 4.65. The van der Waals surface area contributed by atoms with E-state index in [2.05, 4.69) is 119 Å². The molecule has 0 aliphatic carbocycles. The molecule has 0 spiro atoms. The fourth-order valence-electron chi connectivity index (χ4n) is 4.33. The quantitative estimate of drug-likeness (QED) is 0.341. The molecule has 2 nitrogen and oxygen atoms in total. The maximum Gasteiger partial charge on any atom is 0.0958 e. The Morgan fingerprint density at radius 2 is 1.00 bits per heavy atom. The summed E-state index contributed by atoms with van der Waals surface area (Å²) in [6, 6.07) is 40.8. The number of para-hydroxylation sites is 2. The number of fused-ring (bicyclic) bond motifs is 1. The van der Waals surface area contributed by atoms with Crippen molar-refractivity contribution in [1.82, 2.24) is 9.55 Å². The lowest BCUT2D eigenvalue weighted by molar-refractivity contribution is 0.511. The van der Waals surface area contributed by atoms with Crippen molar-refractivity contribution < 1.29 is 0 Å². The standard InChI is InChI=1S/C27H22N2/c1-4-12-22(13-5-1)27(23-14-6-2-7-15-23,24-16-8-3-9-17-24)20-29-21-28-25-18-10-11-19-26(25)29/h1-19,21H,20H2. The summed E-state index contributed by atoms with van der Waals surface area (Å²) in [5, 5.41) is 0. The molecule has 0 saturated heterocycles. The van der Waals surface area contributed by atoms with Crippen molar-refractivity contribution in [3.63, 3.8) is 0 Å². The Kier molecular flexibility index (Phi) is 4.45. The molecule has 0 N–H and O–H groups in total. The summed E-state index contributed by atoms with van der Waals surface area (Å²) >= 11 is 0. The van der Waals surface area contributed by atoms with Crippen molar-refractivity contribution in [3.8, 4) is 0 Å². The number of imidazole rings is 1. The van der Waals surface area contributed by atoms with Crippen molar-refractivity contribution >= 4 is 11.0 Å². The van der Waals surface area contributed by atoms with Crippen LogP contribution in [0.4, 0.5) is 0 Å². The minimum atomic E-state index is -0.326. The van der Waals surface area contributed by atoms with Gasteiger partial charge in [0.1, 0.15) is 0 Å². The molecule has 0 fully saturated rings. The third-order valence-corrected chi connectivity index (χ3v) is 5.73. The Balaban J connectivity index is 1.80. The van der Waals surface area contributed by atoms with Crippen LogP contribution in [0.15, 0.2) is 122 Å². The molecular formula is C27H22N2. The second-order valence-electron chi connectivity index (χ2n) is 7.36. The molecule has 0 radical (unpaired) electrons. The van der Waals surface area contributed by atoms with Crippen molar-refractivity contribution in [2.24, 2.45) is 0 Å². The molecule has 5 rings (SSSR count). The summed E-state index contributed by atoms with van der Waals surface area (Å²) in [5.41, 5.74) is 5.67. The molecule has 4 aromatic carbocycles. The van der Waals surface area contributed by atoms with Gasteiger partial charge in [0.2, 0.25) is 0 Å². The van der Waals surface area contributed by atoms with Crippen LogP contribution in [0, 0.1) is 0 Å². The number of benzene rings is 4. The maximum atomic E-state index is 4.65. The van der Waals surface area contributed by atoms with Gasteiger partial charge in [-0.25, -0.2) is 4.98 Å². The highest BCUT2D eigenvalue weighted by Crippen LogP contribution is 2.41. The highest BCUT2D eigenvalue weighted by molar-refractivity contribution is 5.75. The summed E-state index contributed by atoms with van der Waals surface area (Å²) < 4.78 is 2.28. The molecular weight excluding hydrogens is 352 g/mol. The Hall–Kier alpha value is -3.65. The number of rotatable bonds is 5. The first-order valence-electron chi connectivity index (χ1n) is 9.94. The molecule has 0 bridgehead atoms. The van der Waals surface area contributed by atoms with E-state index in [4.69, 9.17) is 0 Å². The van der Waals surface area contributed by atoms with Gasteiger partial charge in [0, 0.05) is 6.54 Å². The highest BCUT2D eigenvalue weighted by atomic mass is 15.1. The van der Waals surface area contributed by atoms with Crippen molar-refractivity contribution in [3.05, 3.63) is 138 Å². The molecule has 0 amide bonds. The van der Waals surface area contributed by atoms with Crippen LogP contribution in [-0.2, 0) is 12.0 Å². The summed E-state index contributed by atoms with van der Waals surface area (Å²) in [4.78, 5) is 4.65. The van der Waals surface area contributed by atoms with Crippen LogP contribution in [0.2, 0.25) is 0 Å². The predicted molar refractivity (Wildman–Crippen MR) is 119 cm³/mol. The predicted octanol–water partition coefficient (Wildman–Crippen LogP) is 6.07. The molecule has 1 aromatic heterocycles. The van der Waals surface area contributed by atoms with Gasteiger partial charge in [-0.2, -0.15) is 0 Å². The third kappa shape index (κ3) is 3.03. The normalized spacial score (nSPS) is 11.6. The average molecular weight is 374 g/mol. The summed E-state index contributed by atoms with van der Waals surface area (Å²) in [7, 11) is 0. The van der Waals surface area contributed by atoms with E-state index in [0.717, 1.165) is 17.6 Å². The van der Waals surface area contributed by atoms with E-state index >= 15 is 0 Å². The van der Waals surface area contributed by atoms with E-state index in [0.29, 0.717) is 0 Å². The van der Waals surface area contributed by atoms with Crippen molar-refractivity contribution in [2.75, 3.05) is 0 Å². The fraction of sp³-hybridized carbons (Fsp3) is 0.0741. The van der Waals surface area contributed by atoms with Gasteiger partial charge in [-0.05, 0) is 28.8 Å². The van der Waals surface area contributed by atoms with E-state index in [-0.39, 0.29) is 5.41 Å². The Morgan fingerprint density at radius 1 is 0.552 bits per heavy atom. The van der Waals surface area contributed by atoms with Crippen LogP contribution in [0.5, 0.6) is 0 Å². The van der Waals surface area contributed by atoms with Gasteiger partial charge in [0.15, 0.2) is 0 Å². The van der Waals surface area contributed by atoms with Crippen LogP contribution in [0.25, 0.3) is 11.0 Å². The van der Waals surface area contributed by atoms with Crippen LogP contribution in [-0.4, -0.2) is 9.55 Å². The Morgan fingerprint density at radius 3 is 1.52 bits per heavy atom. The average Bonchev–Trinajstić information content (AvgIpc) is 3.22. The zero-order valence-corrected chi connectivity index (χ0v) is 16.1. The highest BCUT2D eigenvalue weighted by Gasteiger charge is 2.37. The van der Waals surface area contributed by atoms with E-state index in [1.807, 2.05) is 12.4 Å². The monoisotopic (exact) mass is 374 g/mol. The fourth-order valence-corrected chi connectivity index (χ4v) is 4.33. The first-order chi connectivity index (χ1) is 14.4. The Bertz CT molecular complexity index is 1110. The third-order valence-electron chi connectivity index (χ3n) is 5.73. The largest absolute Gasteiger partial charge is 0.329 e. The molecule has 5 aromatic rings. The smallest absolute Gasteiger partial charge is 0.0958 e. The van der Waals surface area contributed by atoms with Gasteiger partial charge >= 0.3 is 0 Å². The molecule has 2 heteroatoms. The molecule has 29 heavy (non-hydrogen) atoms. The lowest BCUT2D eigenvalue weighted by Crippen LogP contribution is -2.34. The Labute approximate surface area is 171 Å². The number of hydrogen-bond donors (Lipinski definition) is 0. The number of hydrogen-bond acceptors (Lipinski definition) is 1. The topological polar surface area (TPSA) is 17.8 Å². The van der Waals surface area contributed by atoms with E-state index in [1.54, 1.807) is 0 Å². The van der Waals surface area contributed by atoms with E-state index < -0.39 is 0 Å². The van der Waals surface area contributed by atoms with Gasteiger partial charge in [-0.15, -0.1) is 0 Å². The first-order valence-corrected chi connectivity index (χ1v) is 9.94. The second kappa shape index (κ2) is 7.40. The minimum absolute atomic E-state index is 0.326. The molecule has 0 aliphatic heterocycles. The minimum Gasteiger partial charge on any atom is -0.329 e. The molecule has 0 atom stereocenters. The van der Waals surface area contributed by atoms with Gasteiger partial charge in [0.25, 0.3) is 0 Å². The van der Waals surface area contributed by atoms with Crippen LogP contribution >= 0.6 is 0 Å². The van der Waals surface area contributed by atoms with Gasteiger partial charge in [-0.1, -0.05) is 103 Å². The lowest BCUT2D eigenvalue weighted by Gasteiger charge is -2.36. The van der Waals surface area contributed by atoms with E-state index in [9.17, 15) is 0 Å². The van der Waals surface area contributed by atoms with Crippen molar-refractivity contribution in [1.29, 1.82) is 0 Å². The first kappa shape index (κ1) is 17.4. The molecule has 140 valence electrons. The zero-order valence-electron chi connectivity index (χ0n) is 16.1. The SMILES string of the molecule is c1ccc(C(Cn2cnc3ccccc32)(c2ccccc2)c2ccccc2)cc1. The zero-order chi connectivity index (χ0) is 19.5. The summed E-state index contributed by atoms with van der Waals surface area (Å²) in [5.74, 6) is 0. The van der Waals surface area contributed by atoms with Gasteiger partial charge in [0.05, 0.1) is 22.8 Å². The molecule has 0 unspecified atom stereocenters. The lowest BCUT2D eigenvalue weighted by atomic mass is 9.69. The van der Waals surface area contributed by atoms with Gasteiger partial charge in [-0.3, -0.25) is 0 Å². The van der Waals surface area contributed by atoms with Gasteiger partial charge < -0.3 is 4.57 Å². The van der Waals surface area contributed by atoms with Crippen LogP contribution in [0.1, 0.15) is 16.7 Å². The van der Waals surface area contributed by atoms with Crippen molar-refractivity contribution in [2.45, 2.75) is 12.0 Å². The van der Waals surface area contributed by atoms with E-state index in [1.165, 1.54) is 16.7 Å². The number of nitrogens with zero attached hydrogens (tertiary/aromatic N) is 2. The van der Waals surface area contributed by atoms with Crippen LogP contribution < -0.4 is 0 Å². The summed E-state index contributed by atoms with van der Waals surface area (Å²) in [6.45, 7) is 0.769.